The van der Waals surface area contributed by atoms with E-state index in [1.54, 1.807) is 0 Å². The summed E-state index contributed by atoms with van der Waals surface area (Å²) in [5.74, 6) is 0.629. The molecule has 10 nitrogen and oxygen atoms in total. The third-order valence-electron chi connectivity index (χ3n) is 5.70. The van der Waals surface area contributed by atoms with Crippen LogP contribution in [0.1, 0.15) is 31.6 Å². The maximum absolute atomic E-state index is 13.1. The number of hydrogen-bond acceptors (Lipinski definition) is 7. The lowest BCUT2D eigenvalue weighted by Gasteiger charge is -2.26. The van der Waals surface area contributed by atoms with Crippen LogP contribution in [0.25, 0.3) is 11.4 Å². The number of aromatic nitrogens is 2. The number of rotatable bonds is 6. The first-order valence-electron chi connectivity index (χ1n) is 9.20. The molecular formula is C18H17N5O5. The third-order valence-corrected chi connectivity index (χ3v) is 5.70. The number of non-ortho nitro benzene ring substituents is 1. The fourth-order valence-corrected chi connectivity index (χ4v) is 4.02. The van der Waals surface area contributed by atoms with Gasteiger partial charge < -0.3 is 9.84 Å². The highest BCUT2D eigenvalue weighted by molar-refractivity contribution is 6.07. The molecule has 144 valence electrons. The van der Waals surface area contributed by atoms with E-state index in [-0.39, 0.29) is 41.7 Å². The lowest BCUT2D eigenvalue weighted by atomic mass is 9.87. The van der Waals surface area contributed by atoms with Crippen molar-refractivity contribution in [2.24, 2.45) is 11.8 Å². The zero-order valence-corrected chi connectivity index (χ0v) is 14.8. The minimum atomic E-state index is -0.752. The van der Waals surface area contributed by atoms with Gasteiger partial charge >= 0.3 is 6.03 Å². The molecule has 0 spiro atoms. The summed E-state index contributed by atoms with van der Waals surface area (Å²) in [7, 11) is 0. The molecule has 1 N–H and O–H groups in total. The molecular weight excluding hydrogens is 366 g/mol. The minimum Gasteiger partial charge on any atom is -0.337 e. The van der Waals surface area contributed by atoms with Gasteiger partial charge in [0.2, 0.25) is 11.7 Å². The first kappa shape index (κ1) is 16.8. The highest BCUT2D eigenvalue weighted by Crippen LogP contribution is 2.54. The lowest BCUT2D eigenvalue weighted by Crippen LogP contribution is -2.51. The quantitative estimate of drug-likeness (QED) is 0.460. The van der Waals surface area contributed by atoms with Crippen LogP contribution in [0, 0.1) is 22.0 Å². The van der Waals surface area contributed by atoms with Crippen LogP contribution in [0.2, 0.25) is 0 Å². The highest BCUT2D eigenvalue weighted by atomic mass is 16.6. The zero-order valence-electron chi connectivity index (χ0n) is 14.8. The molecule has 5 rings (SSSR count). The number of benzene rings is 1. The first-order valence-corrected chi connectivity index (χ1v) is 9.20. The van der Waals surface area contributed by atoms with Crippen LogP contribution in [0.3, 0.4) is 0 Å². The maximum atomic E-state index is 13.1. The number of nitro groups is 1. The Morgan fingerprint density at radius 1 is 1.18 bits per heavy atom. The van der Waals surface area contributed by atoms with Crippen molar-refractivity contribution in [3.8, 4) is 11.4 Å². The predicted octanol–water partition coefficient (Wildman–Crippen LogP) is 2.26. The van der Waals surface area contributed by atoms with Crippen molar-refractivity contribution in [3.05, 3.63) is 40.3 Å². The second kappa shape index (κ2) is 5.85. The number of carbonyl (C=O) groups is 2. The summed E-state index contributed by atoms with van der Waals surface area (Å²) in [5, 5.41) is 17.6. The van der Waals surface area contributed by atoms with Gasteiger partial charge in [0, 0.05) is 17.7 Å². The smallest absolute Gasteiger partial charge is 0.325 e. The summed E-state index contributed by atoms with van der Waals surface area (Å²) < 4.78 is 5.21. The van der Waals surface area contributed by atoms with Gasteiger partial charge in [-0.2, -0.15) is 4.98 Å². The monoisotopic (exact) mass is 383 g/mol. The van der Waals surface area contributed by atoms with Crippen LogP contribution in [0.15, 0.2) is 28.8 Å². The van der Waals surface area contributed by atoms with Crippen LogP contribution in [-0.2, 0) is 11.3 Å². The first-order chi connectivity index (χ1) is 13.5. The molecule has 1 aromatic heterocycles. The summed E-state index contributed by atoms with van der Waals surface area (Å²) in [6, 6.07) is 5.32. The molecule has 2 aliphatic carbocycles. The van der Waals surface area contributed by atoms with Gasteiger partial charge in [-0.05, 0) is 49.7 Å². The standard InChI is InChI=1S/C18H17N5O5/c24-16-18(11-3-4-11,12-5-6-12)20-17(25)22(16)9-14-19-15(21-28-14)10-1-7-13(8-2-10)23(26)27/h1-2,7-8,11-12H,3-6,9H2,(H,20,25). The molecule has 1 aromatic carbocycles. The van der Waals surface area contributed by atoms with E-state index in [1.807, 2.05) is 0 Å². The normalized spacial score (nSPS) is 21.1. The van der Waals surface area contributed by atoms with E-state index in [4.69, 9.17) is 4.52 Å². The average molecular weight is 383 g/mol. The Morgan fingerprint density at radius 2 is 1.82 bits per heavy atom. The van der Waals surface area contributed by atoms with E-state index in [0.29, 0.717) is 5.56 Å². The molecule has 3 amide bonds. The largest absolute Gasteiger partial charge is 0.337 e. The fourth-order valence-electron chi connectivity index (χ4n) is 4.02. The Balaban J connectivity index is 1.35. The number of hydrogen-bond donors (Lipinski definition) is 1. The summed E-state index contributed by atoms with van der Waals surface area (Å²) in [6.07, 6.45) is 3.84. The van der Waals surface area contributed by atoms with Gasteiger partial charge in [-0.15, -0.1) is 0 Å². The predicted molar refractivity (Wildman–Crippen MR) is 93.6 cm³/mol. The number of nitrogens with zero attached hydrogens (tertiary/aromatic N) is 4. The van der Waals surface area contributed by atoms with E-state index >= 15 is 0 Å². The molecule has 3 fully saturated rings. The Labute approximate surface area is 159 Å². The van der Waals surface area contributed by atoms with Gasteiger partial charge in [0.05, 0.1) is 4.92 Å². The van der Waals surface area contributed by atoms with Gasteiger partial charge in [-0.1, -0.05) is 5.16 Å². The van der Waals surface area contributed by atoms with E-state index in [9.17, 15) is 19.7 Å². The molecule has 28 heavy (non-hydrogen) atoms. The summed E-state index contributed by atoms with van der Waals surface area (Å²) >= 11 is 0. The van der Waals surface area contributed by atoms with Crippen molar-refractivity contribution in [2.45, 2.75) is 37.8 Å². The SMILES string of the molecule is O=C1NC(C2CC2)(C2CC2)C(=O)N1Cc1nc(-c2ccc([N+](=O)[O-])cc2)no1. The number of nitrogens with one attached hydrogen (secondary N) is 1. The maximum Gasteiger partial charge on any atom is 0.325 e. The molecule has 2 heterocycles. The summed E-state index contributed by atoms with van der Waals surface area (Å²) in [5.41, 5.74) is -0.246. The van der Waals surface area contributed by atoms with Crippen LogP contribution in [0.4, 0.5) is 10.5 Å². The summed E-state index contributed by atoms with van der Waals surface area (Å²) in [4.78, 5) is 41.2. The molecule has 1 saturated heterocycles. The number of imide groups is 1. The van der Waals surface area contributed by atoms with Crippen molar-refractivity contribution in [1.29, 1.82) is 0 Å². The molecule has 0 unspecified atom stereocenters. The van der Waals surface area contributed by atoms with Crippen molar-refractivity contribution in [1.82, 2.24) is 20.4 Å². The van der Waals surface area contributed by atoms with E-state index in [2.05, 4.69) is 15.5 Å². The van der Waals surface area contributed by atoms with Crippen LogP contribution >= 0.6 is 0 Å². The third kappa shape index (κ3) is 2.55. The minimum absolute atomic E-state index is 0.0386. The average Bonchev–Trinajstić information content (AvgIpc) is 3.61. The molecule has 0 bridgehead atoms. The fraction of sp³-hybridized carbons (Fsp3) is 0.444. The number of nitro benzene ring substituents is 1. The lowest BCUT2D eigenvalue weighted by molar-refractivity contribution is -0.384. The summed E-state index contributed by atoms with van der Waals surface area (Å²) in [6.45, 7) is -0.0914. The second-order valence-corrected chi connectivity index (χ2v) is 7.55. The Morgan fingerprint density at radius 3 is 2.39 bits per heavy atom. The van der Waals surface area contributed by atoms with Crippen molar-refractivity contribution in [3.63, 3.8) is 0 Å². The number of carbonyl (C=O) groups excluding carboxylic acids is 2. The van der Waals surface area contributed by atoms with E-state index < -0.39 is 16.5 Å². The van der Waals surface area contributed by atoms with Crippen molar-refractivity contribution in [2.75, 3.05) is 0 Å². The van der Waals surface area contributed by atoms with E-state index in [1.165, 1.54) is 24.3 Å². The van der Waals surface area contributed by atoms with Gasteiger partial charge in [-0.3, -0.25) is 19.8 Å². The number of urea groups is 1. The molecule has 0 radical (unpaired) electrons. The van der Waals surface area contributed by atoms with Crippen LogP contribution in [-0.4, -0.2) is 37.4 Å². The van der Waals surface area contributed by atoms with Gasteiger partial charge in [0.25, 0.3) is 11.6 Å². The topological polar surface area (TPSA) is 131 Å². The van der Waals surface area contributed by atoms with Gasteiger partial charge in [0.1, 0.15) is 12.1 Å². The highest BCUT2D eigenvalue weighted by Gasteiger charge is 2.65. The van der Waals surface area contributed by atoms with Crippen LogP contribution < -0.4 is 5.32 Å². The molecule has 10 heteroatoms. The van der Waals surface area contributed by atoms with Crippen LogP contribution in [0.5, 0.6) is 0 Å². The van der Waals surface area contributed by atoms with Gasteiger partial charge in [0.15, 0.2) is 0 Å². The van der Waals surface area contributed by atoms with E-state index in [0.717, 1.165) is 30.6 Å². The zero-order chi connectivity index (χ0) is 19.5. The molecule has 3 aliphatic rings. The Kier molecular flexibility index (Phi) is 3.52. The Bertz CT molecular complexity index is 965. The molecule has 2 aromatic rings. The second-order valence-electron chi connectivity index (χ2n) is 7.55. The van der Waals surface area contributed by atoms with Gasteiger partial charge in [-0.25, -0.2) is 4.79 Å². The van der Waals surface area contributed by atoms with Crippen molar-refractivity contribution >= 4 is 17.6 Å². The number of amides is 3. The van der Waals surface area contributed by atoms with Crippen molar-refractivity contribution < 1.29 is 19.0 Å². The molecule has 2 saturated carbocycles. The molecule has 1 aliphatic heterocycles. The molecule has 0 atom stereocenters. The Hall–Kier alpha value is -3.30.